The Morgan fingerprint density at radius 1 is 0.964 bits per heavy atom. The van der Waals surface area contributed by atoms with E-state index in [0.717, 1.165) is 39.3 Å². The van der Waals surface area contributed by atoms with E-state index in [1.165, 1.54) is 0 Å². The summed E-state index contributed by atoms with van der Waals surface area (Å²) in [4.78, 5) is 21.3. The lowest BCUT2D eigenvalue weighted by Crippen LogP contribution is -2.20. The third kappa shape index (κ3) is 3.57. The van der Waals surface area contributed by atoms with Crippen molar-refractivity contribution in [2.45, 2.75) is 20.8 Å². The molecule has 4 aromatic rings. The van der Waals surface area contributed by atoms with Gasteiger partial charge in [-0.3, -0.25) is 4.40 Å². The van der Waals surface area contributed by atoms with Crippen molar-refractivity contribution in [3.63, 3.8) is 0 Å². The van der Waals surface area contributed by atoms with Crippen molar-refractivity contribution in [3.05, 3.63) is 77.7 Å². The van der Waals surface area contributed by atoms with Crippen molar-refractivity contribution in [2.75, 3.05) is 10.6 Å². The van der Waals surface area contributed by atoms with E-state index in [0.29, 0.717) is 5.78 Å². The Kier molecular flexibility index (Phi) is 4.53. The molecule has 0 radical (unpaired) electrons. The number of fused-ring (bicyclic) bond motifs is 1. The molecule has 2 heterocycles. The summed E-state index contributed by atoms with van der Waals surface area (Å²) >= 11 is 0. The standard InChI is InChI=1S/C22H21N5O/c1-14-5-6-15(2)18(11-14)25-22(28)26-19-12-17(8-7-16(19)3)20-13-27-10-4-9-23-21(27)24-20/h4-13H,1-3H3,(H2,25,26,28). The lowest BCUT2D eigenvalue weighted by Gasteiger charge is -2.13. The zero-order valence-corrected chi connectivity index (χ0v) is 16.0. The molecule has 0 aliphatic heterocycles. The zero-order chi connectivity index (χ0) is 19.7. The van der Waals surface area contributed by atoms with Crippen LogP contribution in [0.4, 0.5) is 16.2 Å². The summed E-state index contributed by atoms with van der Waals surface area (Å²) in [6, 6.07) is 13.5. The van der Waals surface area contributed by atoms with E-state index in [4.69, 9.17) is 0 Å². The first-order valence-electron chi connectivity index (χ1n) is 9.05. The highest BCUT2D eigenvalue weighted by atomic mass is 16.2. The number of benzene rings is 2. The third-order valence-corrected chi connectivity index (χ3v) is 4.66. The maximum absolute atomic E-state index is 12.5. The molecule has 2 aromatic heterocycles. The van der Waals surface area contributed by atoms with E-state index in [-0.39, 0.29) is 6.03 Å². The Labute approximate surface area is 163 Å². The van der Waals surface area contributed by atoms with Crippen molar-refractivity contribution in [1.82, 2.24) is 14.4 Å². The molecule has 6 heteroatoms. The van der Waals surface area contributed by atoms with Crippen LogP contribution in [0.15, 0.2) is 61.1 Å². The first kappa shape index (κ1) is 17.7. The van der Waals surface area contributed by atoms with Crippen molar-refractivity contribution in [3.8, 4) is 11.3 Å². The number of nitrogens with zero attached hydrogens (tertiary/aromatic N) is 3. The number of rotatable bonds is 3. The molecule has 0 aliphatic carbocycles. The molecule has 28 heavy (non-hydrogen) atoms. The molecule has 0 atom stereocenters. The van der Waals surface area contributed by atoms with Crippen LogP contribution in [0, 0.1) is 20.8 Å². The number of carbonyl (C=O) groups is 1. The Hall–Kier alpha value is -3.67. The maximum Gasteiger partial charge on any atom is 0.323 e. The summed E-state index contributed by atoms with van der Waals surface area (Å²) < 4.78 is 1.87. The van der Waals surface area contributed by atoms with Gasteiger partial charge in [0.1, 0.15) is 0 Å². The van der Waals surface area contributed by atoms with Crippen LogP contribution in [0.3, 0.4) is 0 Å². The Morgan fingerprint density at radius 2 is 1.68 bits per heavy atom. The van der Waals surface area contributed by atoms with Gasteiger partial charge in [-0.05, 0) is 55.7 Å². The molecule has 2 amide bonds. The van der Waals surface area contributed by atoms with Crippen LogP contribution in [0.5, 0.6) is 0 Å². The second kappa shape index (κ2) is 7.15. The van der Waals surface area contributed by atoms with Crippen LogP contribution in [-0.4, -0.2) is 20.4 Å². The molecular formula is C22H21N5O. The highest BCUT2D eigenvalue weighted by Crippen LogP contribution is 2.25. The van der Waals surface area contributed by atoms with Gasteiger partial charge in [0.25, 0.3) is 0 Å². The van der Waals surface area contributed by atoms with Crippen molar-refractivity contribution < 1.29 is 4.79 Å². The minimum atomic E-state index is -0.273. The number of hydrogen-bond acceptors (Lipinski definition) is 3. The summed E-state index contributed by atoms with van der Waals surface area (Å²) in [6.07, 6.45) is 5.54. The van der Waals surface area contributed by atoms with E-state index in [2.05, 4.69) is 20.6 Å². The number of hydrogen-bond donors (Lipinski definition) is 2. The zero-order valence-electron chi connectivity index (χ0n) is 16.0. The Morgan fingerprint density at radius 3 is 2.43 bits per heavy atom. The summed E-state index contributed by atoms with van der Waals surface area (Å²) in [5, 5.41) is 5.88. The van der Waals surface area contributed by atoms with Gasteiger partial charge in [0, 0.05) is 35.5 Å². The molecule has 0 aliphatic rings. The first-order valence-corrected chi connectivity index (χ1v) is 9.05. The molecule has 0 saturated carbocycles. The van der Waals surface area contributed by atoms with Gasteiger partial charge in [-0.25, -0.2) is 14.8 Å². The molecule has 2 N–H and O–H groups in total. The van der Waals surface area contributed by atoms with E-state index in [1.54, 1.807) is 6.20 Å². The molecule has 0 unspecified atom stereocenters. The molecule has 0 saturated heterocycles. The van der Waals surface area contributed by atoms with Gasteiger partial charge < -0.3 is 10.6 Å². The number of anilines is 2. The largest absolute Gasteiger partial charge is 0.323 e. The number of nitrogens with one attached hydrogen (secondary N) is 2. The number of carbonyl (C=O) groups excluding carboxylic acids is 1. The van der Waals surface area contributed by atoms with E-state index in [9.17, 15) is 4.79 Å². The monoisotopic (exact) mass is 371 g/mol. The van der Waals surface area contributed by atoms with Crippen LogP contribution < -0.4 is 10.6 Å². The molecule has 0 fully saturated rings. The second-order valence-electron chi connectivity index (χ2n) is 6.88. The van der Waals surface area contributed by atoms with Crippen LogP contribution in [0.2, 0.25) is 0 Å². The minimum absolute atomic E-state index is 0.273. The van der Waals surface area contributed by atoms with Gasteiger partial charge in [-0.1, -0.05) is 24.3 Å². The SMILES string of the molecule is Cc1ccc(C)c(NC(=O)Nc2cc(-c3cn4cccnc4n3)ccc2C)c1. The number of urea groups is 1. The smallest absolute Gasteiger partial charge is 0.307 e. The quantitative estimate of drug-likeness (QED) is 0.534. The highest BCUT2D eigenvalue weighted by Gasteiger charge is 2.10. The lowest BCUT2D eigenvalue weighted by atomic mass is 10.1. The maximum atomic E-state index is 12.5. The topological polar surface area (TPSA) is 71.3 Å². The van der Waals surface area contributed by atoms with Crippen LogP contribution >= 0.6 is 0 Å². The van der Waals surface area contributed by atoms with Gasteiger partial charge in [0.05, 0.1) is 5.69 Å². The van der Waals surface area contributed by atoms with Gasteiger partial charge in [-0.15, -0.1) is 0 Å². The summed E-state index contributed by atoms with van der Waals surface area (Å²) in [5.41, 5.74) is 6.35. The molecule has 0 bridgehead atoms. The minimum Gasteiger partial charge on any atom is -0.307 e. The first-order chi connectivity index (χ1) is 13.5. The average Bonchev–Trinajstić information content (AvgIpc) is 3.10. The molecular weight excluding hydrogens is 350 g/mol. The average molecular weight is 371 g/mol. The fourth-order valence-electron chi connectivity index (χ4n) is 3.03. The van der Waals surface area contributed by atoms with Crippen molar-refractivity contribution in [2.24, 2.45) is 0 Å². The second-order valence-corrected chi connectivity index (χ2v) is 6.88. The predicted molar refractivity (Wildman–Crippen MR) is 112 cm³/mol. The molecule has 0 spiro atoms. The summed E-state index contributed by atoms with van der Waals surface area (Å²) in [5.74, 6) is 0.639. The normalized spacial score (nSPS) is 10.8. The molecule has 4 rings (SSSR count). The number of aromatic nitrogens is 3. The van der Waals surface area contributed by atoms with Crippen LogP contribution in [0.25, 0.3) is 17.0 Å². The third-order valence-electron chi connectivity index (χ3n) is 4.66. The van der Waals surface area contributed by atoms with Crippen LogP contribution in [-0.2, 0) is 0 Å². The van der Waals surface area contributed by atoms with Gasteiger partial charge >= 0.3 is 6.03 Å². The number of imidazole rings is 1. The summed E-state index contributed by atoms with van der Waals surface area (Å²) in [6.45, 7) is 5.93. The predicted octanol–water partition coefficient (Wildman–Crippen LogP) is 4.97. The number of amides is 2. The van der Waals surface area contributed by atoms with E-state index in [1.807, 2.05) is 80.0 Å². The van der Waals surface area contributed by atoms with Crippen LogP contribution in [0.1, 0.15) is 16.7 Å². The van der Waals surface area contributed by atoms with E-state index >= 15 is 0 Å². The fraction of sp³-hybridized carbons (Fsp3) is 0.136. The van der Waals surface area contributed by atoms with Gasteiger partial charge in [0.15, 0.2) is 0 Å². The molecule has 2 aromatic carbocycles. The van der Waals surface area contributed by atoms with Crippen molar-refractivity contribution >= 4 is 23.2 Å². The number of aryl methyl sites for hydroxylation is 3. The van der Waals surface area contributed by atoms with Crippen molar-refractivity contribution in [1.29, 1.82) is 0 Å². The lowest BCUT2D eigenvalue weighted by molar-refractivity contribution is 0.262. The highest BCUT2D eigenvalue weighted by molar-refractivity contribution is 6.01. The fourth-order valence-corrected chi connectivity index (χ4v) is 3.03. The molecule has 6 nitrogen and oxygen atoms in total. The Balaban J connectivity index is 1.58. The Bertz CT molecular complexity index is 1150. The van der Waals surface area contributed by atoms with E-state index < -0.39 is 0 Å². The van der Waals surface area contributed by atoms with Gasteiger partial charge in [-0.2, -0.15) is 0 Å². The van der Waals surface area contributed by atoms with Gasteiger partial charge in [0.2, 0.25) is 5.78 Å². The molecule has 140 valence electrons. The summed E-state index contributed by atoms with van der Waals surface area (Å²) in [7, 11) is 0.